The second-order valence-corrected chi connectivity index (χ2v) is 5.63. The summed E-state index contributed by atoms with van der Waals surface area (Å²) in [5.74, 6) is 2.20. The average molecular weight is 201 g/mol. The zero-order valence-corrected chi connectivity index (χ0v) is 10.1. The van der Waals surface area contributed by atoms with Crippen molar-refractivity contribution in [3.8, 4) is 0 Å². The van der Waals surface area contributed by atoms with Crippen molar-refractivity contribution >= 4 is 11.8 Å². The van der Waals surface area contributed by atoms with Crippen LogP contribution in [0.1, 0.15) is 40.0 Å². The standard InChI is InChI=1S/C11H23NS/c1-4-5-6-12-7-8-13-11(12)9-10(2)3/h10-11H,4-9H2,1-3H3. The molecule has 0 aromatic carbocycles. The summed E-state index contributed by atoms with van der Waals surface area (Å²) in [5.41, 5.74) is 0. The summed E-state index contributed by atoms with van der Waals surface area (Å²) in [5, 5.41) is 0.826. The molecule has 78 valence electrons. The quantitative estimate of drug-likeness (QED) is 0.672. The van der Waals surface area contributed by atoms with Gasteiger partial charge in [0.25, 0.3) is 0 Å². The van der Waals surface area contributed by atoms with Gasteiger partial charge in [0.15, 0.2) is 0 Å². The zero-order valence-electron chi connectivity index (χ0n) is 9.25. The van der Waals surface area contributed by atoms with Gasteiger partial charge in [-0.3, -0.25) is 4.90 Å². The average Bonchev–Trinajstić information content (AvgIpc) is 2.48. The van der Waals surface area contributed by atoms with E-state index in [1.807, 2.05) is 0 Å². The third kappa shape index (κ3) is 3.90. The molecule has 0 aromatic rings. The van der Waals surface area contributed by atoms with E-state index in [4.69, 9.17) is 0 Å². The molecular weight excluding hydrogens is 178 g/mol. The summed E-state index contributed by atoms with van der Waals surface area (Å²) in [4.78, 5) is 2.67. The molecule has 1 rings (SSSR count). The van der Waals surface area contributed by atoms with Crippen LogP contribution >= 0.6 is 11.8 Å². The second-order valence-electron chi connectivity index (χ2n) is 4.34. The summed E-state index contributed by atoms with van der Waals surface area (Å²) >= 11 is 2.16. The van der Waals surface area contributed by atoms with Gasteiger partial charge in [0.2, 0.25) is 0 Å². The van der Waals surface area contributed by atoms with Crippen molar-refractivity contribution in [3.63, 3.8) is 0 Å². The minimum atomic E-state index is 0.826. The number of thioether (sulfide) groups is 1. The maximum Gasteiger partial charge on any atom is 0.0560 e. The van der Waals surface area contributed by atoms with E-state index in [0.29, 0.717) is 0 Å². The Balaban J connectivity index is 2.26. The first-order chi connectivity index (χ1) is 6.24. The van der Waals surface area contributed by atoms with Crippen LogP contribution < -0.4 is 0 Å². The lowest BCUT2D eigenvalue weighted by Gasteiger charge is -2.24. The topological polar surface area (TPSA) is 3.24 Å². The summed E-state index contributed by atoms with van der Waals surface area (Å²) in [6.07, 6.45) is 4.07. The highest BCUT2D eigenvalue weighted by atomic mass is 32.2. The molecule has 0 saturated carbocycles. The van der Waals surface area contributed by atoms with Gasteiger partial charge in [-0.05, 0) is 25.3 Å². The van der Waals surface area contributed by atoms with Crippen molar-refractivity contribution in [1.82, 2.24) is 4.90 Å². The number of hydrogen-bond donors (Lipinski definition) is 0. The fourth-order valence-corrected chi connectivity index (χ4v) is 3.35. The minimum Gasteiger partial charge on any atom is -0.291 e. The van der Waals surface area contributed by atoms with Crippen LogP contribution in [-0.2, 0) is 0 Å². The van der Waals surface area contributed by atoms with E-state index >= 15 is 0 Å². The van der Waals surface area contributed by atoms with Gasteiger partial charge in [0.1, 0.15) is 0 Å². The Morgan fingerprint density at radius 2 is 2.23 bits per heavy atom. The Labute approximate surface area is 87.3 Å². The molecule has 0 aliphatic carbocycles. The van der Waals surface area contributed by atoms with Crippen LogP contribution in [0.15, 0.2) is 0 Å². The molecule has 0 spiro atoms. The molecule has 13 heavy (non-hydrogen) atoms. The van der Waals surface area contributed by atoms with Crippen molar-refractivity contribution in [2.24, 2.45) is 5.92 Å². The van der Waals surface area contributed by atoms with Crippen molar-refractivity contribution in [2.45, 2.75) is 45.4 Å². The molecular formula is C11H23NS. The summed E-state index contributed by atoms with van der Waals surface area (Å²) in [7, 11) is 0. The molecule has 1 aliphatic rings. The Morgan fingerprint density at radius 1 is 1.46 bits per heavy atom. The van der Waals surface area contributed by atoms with Gasteiger partial charge in [-0.1, -0.05) is 27.2 Å². The monoisotopic (exact) mass is 201 g/mol. The van der Waals surface area contributed by atoms with E-state index in [2.05, 4.69) is 37.4 Å². The molecule has 1 aliphatic heterocycles. The maximum atomic E-state index is 2.67. The first-order valence-corrected chi connectivity index (χ1v) is 6.64. The molecule has 1 fully saturated rings. The summed E-state index contributed by atoms with van der Waals surface area (Å²) in [6.45, 7) is 9.58. The molecule has 0 radical (unpaired) electrons. The van der Waals surface area contributed by atoms with E-state index in [0.717, 1.165) is 11.3 Å². The lowest BCUT2D eigenvalue weighted by Crippen LogP contribution is -2.30. The molecule has 2 heteroatoms. The second kappa shape index (κ2) is 5.92. The molecule has 1 heterocycles. The lowest BCUT2D eigenvalue weighted by atomic mass is 10.1. The van der Waals surface area contributed by atoms with Crippen molar-refractivity contribution in [1.29, 1.82) is 0 Å². The molecule has 0 bridgehead atoms. The van der Waals surface area contributed by atoms with Crippen LogP contribution in [0.5, 0.6) is 0 Å². The molecule has 1 atom stereocenters. The fraction of sp³-hybridized carbons (Fsp3) is 1.00. The zero-order chi connectivity index (χ0) is 9.68. The number of unbranched alkanes of at least 4 members (excludes halogenated alkanes) is 1. The lowest BCUT2D eigenvalue weighted by molar-refractivity contribution is 0.258. The minimum absolute atomic E-state index is 0.826. The smallest absolute Gasteiger partial charge is 0.0560 e. The van der Waals surface area contributed by atoms with Crippen molar-refractivity contribution in [2.75, 3.05) is 18.8 Å². The largest absolute Gasteiger partial charge is 0.291 e. The third-order valence-electron chi connectivity index (χ3n) is 2.57. The van der Waals surface area contributed by atoms with Gasteiger partial charge in [-0.25, -0.2) is 0 Å². The van der Waals surface area contributed by atoms with Gasteiger partial charge in [-0.15, -0.1) is 11.8 Å². The maximum absolute atomic E-state index is 2.67. The van der Waals surface area contributed by atoms with Gasteiger partial charge in [0, 0.05) is 12.3 Å². The number of nitrogens with zero attached hydrogens (tertiary/aromatic N) is 1. The van der Waals surface area contributed by atoms with Crippen molar-refractivity contribution < 1.29 is 0 Å². The highest BCUT2D eigenvalue weighted by molar-refractivity contribution is 8.00. The normalized spacial score (nSPS) is 24.5. The number of hydrogen-bond acceptors (Lipinski definition) is 2. The Kier molecular flexibility index (Phi) is 5.18. The van der Waals surface area contributed by atoms with Gasteiger partial charge < -0.3 is 0 Å². The SMILES string of the molecule is CCCCN1CCSC1CC(C)C. The fourth-order valence-electron chi connectivity index (χ4n) is 1.79. The predicted molar refractivity (Wildman–Crippen MR) is 62.2 cm³/mol. The van der Waals surface area contributed by atoms with Crippen LogP contribution in [0, 0.1) is 5.92 Å². The van der Waals surface area contributed by atoms with Gasteiger partial charge >= 0.3 is 0 Å². The molecule has 0 N–H and O–H groups in total. The molecule has 0 aromatic heterocycles. The van der Waals surface area contributed by atoms with Crippen LogP contribution in [-0.4, -0.2) is 29.1 Å². The Hall–Kier alpha value is 0.310. The molecule has 1 saturated heterocycles. The third-order valence-corrected chi connectivity index (χ3v) is 3.86. The molecule has 1 nitrogen and oxygen atoms in total. The summed E-state index contributed by atoms with van der Waals surface area (Å²) < 4.78 is 0. The Morgan fingerprint density at radius 3 is 2.85 bits per heavy atom. The first kappa shape index (κ1) is 11.4. The van der Waals surface area contributed by atoms with E-state index in [-0.39, 0.29) is 0 Å². The van der Waals surface area contributed by atoms with E-state index in [1.54, 1.807) is 0 Å². The molecule has 0 amide bonds. The molecule has 1 unspecified atom stereocenters. The van der Waals surface area contributed by atoms with Crippen LogP contribution in [0.25, 0.3) is 0 Å². The van der Waals surface area contributed by atoms with Crippen molar-refractivity contribution in [3.05, 3.63) is 0 Å². The number of rotatable bonds is 5. The first-order valence-electron chi connectivity index (χ1n) is 5.59. The van der Waals surface area contributed by atoms with E-state index in [1.165, 1.54) is 38.1 Å². The highest BCUT2D eigenvalue weighted by Crippen LogP contribution is 2.28. The van der Waals surface area contributed by atoms with Crippen LogP contribution in [0.2, 0.25) is 0 Å². The van der Waals surface area contributed by atoms with Crippen LogP contribution in [0.3, 0.4) is 0 Å². The van der Waals surface area contributed by atoms with E-state index < -0.39 is 0 Å². The van der Waals surface area contributed by atoms with Gasteiger partial charge in [-0.2, -0.15) is 0 Å². The highest BCUT2D eigenvalue weighted by Gasteiger charge is 2.24. The Bertz CT molecular complexity index is 136. The predicted octanol–water partition coefficient (Wildman–Crippen LogP) is 3.21. The van der Waals surface area contributed by atoms with Gasteiger partial charge in [0.05, 0.1) is 5.37 Å². The van der Waals surface area contributed by atoms with E-state index in [9.17, 15) is 0 Å². The van der Waals surface area contributed by atoms with Crippen LogP contribution in [0.4, 0.5) is 0 Å². The summed E-state index contributed by atoms with van der Waals surface area (Å²) in [6, 6.07) is 0.